The lowest BCUT2D eigenvalue weighted by atomic mass is 9.93. The van der Waals surface area contributed by atoms with E-state index < -0.39 is 12.0 Å². The lowest BCUT2D eigenvalue weighted by Crippen LogP contribution is -2.41. The van der Waals surface area contributed by atoms with Gasteiger partial charge in [-0.2, -0.15) is 11.8 Å². The van der Waals surface area contributed by atoms with Gasteiger partial charge in [-0.25, -0.2) is 9.78 Å². The average molecular weight is 594 g/mol. The fraction of sp³-hybridized carbons (Fsp3) is 0.258. The zero-order chi connectivity index (χ0) is 28.5. The van der Waals surface area contributed by atoms with Crippen molar-refractivity contribution in [3.63, 3.8) is 0 Å². The molecule has 0 saturated carbocycles. The highest BCUT2D eigenvalue weighted by Gasteiger charge is 2.25. The van der Waals surface area contributed by atoms with Crippen molar-refractivity contribution in [2.45, 2.75) is 39.4 Å². The predicted molar refractivity (Wildman–Crippen MR) is 166 cm³/mol. The number of nitrogens with one attached hydrogen (secondary N) is 1. The van der Waals surface area contributed by atoms with Gasteiger partial charge in [-0.3, -0.25) is 4.79 Å². The molecule has 6 nitrogen and oxygen atoms in total. The van der Waals surface area contributed by atoms with Crippen molar-refractivity contribution in [1.29, 1.82) is 0 Å². The molecule has 1 atom stereocenters. The predicted octanol–water partition coefficient (Wildman–Crippen LogP) is 7.18. The fourth-order valence-corrected chi connectivity index (χ4v) is 5.72. The van der Waals surface area contributed by atoms with Gasteiger partial charge in [0.2, 0.25) is 0 Å². The molecule has 1 amide bonds. The Morgan fingerprint density at radius 2 is 1.77 bits per heavy atom. The van der Waals surface area contributed by atoms with Gasteiger partial charge in [0.15, 0.2) is 0 Å². The van der Waals surface area contributed by atoms with E-state index in [-0.39, 0.29) is 5.91 Å². The van der Waals surface area contributed by atoms with Crippen LogP contribution in [0.3, 0.4) is 0 Å². The first-order valence-corrected chi connectivity index (χ1v) is 15.5. The van der Waals surface area contributed by atoms with Gasteiger partial charge in [0.05, 0.1) is 17.2 Å². The highest BCUT2D eigenvalue weighted by Crippen LogP contribution is 2.30. The van der Waals surface area contributed by atoms with E-state index in [0.29, 0.717) is 30.8 Å². The molecule has 4 aromatic rings. The van der Waals surface area contributed by atoms with Crippen LogP contribution in [-0.2, 0) is 22.2 Å². The Labute approximate surface area is 248 Å². The molecule has 208 valence electrons. The van der Waals surface area contributed by atoms with Crippen LogP contribution in [0.1, 0.15) is 38.6 Å². The van der Waals surface area contributed by atoms with Gasteiger partial charge in [-0.1, -0.05) is 48.5 Å². The number of anilines is 1. The van der Waals surface area contributed by atoms with E-state index >= 15 is 0 Å². The Hall–Kier alpha value is -3.33. The monoisotopic (exact) mass is 593 g/mol. The summed E-state index contributed by atoms with van der Waals surface area (Å²) in [5.41, 5.74) is 6.43. The largest absolute Gasteiger partial charge is 0.361 e. The minimum absolute atomic E-state index is 0.351. The van der Waals surface area contributed by atoms with E-state index in [2.05, 4.69) is 43.1 Å². The molecule has 9 heteroatoms. The number of benzene rings is 3. The maximum atomic E-state index is 13.6. The number of hydrogen-bond donors (Lipinski definition) is 1. The number of aryl methyl sites for hydroxylation is 2. The number of para-hydroxylation sites is 1. The molecule has 4 rings (SSSR count). The summed E-state index contributed by atoms with van der Waals surface area (Å²) < 4.78 is 4.43. The maximum Gasteiger partial charge on any atom is 0.346 e. The third kappa shape index (κ3) is 7.65. The number of rotatable bonds is 12. The highest BCUT2D eigenvalue weighted by atomic mass is 35.5. The van der Waals surface area contributed by atoms with Crippen molar-refractivity contribution in [3.8, 4) is 11.1 Å². The second-order valence-corrected chi connectivity index (χ2v) is 11.7. The number of carbonyl (C=O) groups is 2. The molecule has 1 unspecified atom stereocenters. The summed E-state index contributed by atoms with van der Waals surface area (Å²) in [7, 11) is 0. The minimum atomic E-state index is -0.836. The van der Waals surface area contributed by atoms with Crippen LogP contribution in [-0.4, -0.2) is 34.9 Å². The summed E-state index contributed by atoms with van der Waals surface area (Å²) >= 11 is 8.59. The molecule has 0 aliphatic carbocycles. The van der Waals surface area contributed by atoms with Crippen molar-refractivity contribution in [2.24, 2.45) is 0 Å². The topological polar surface area (TPSA) is 71.5 Å². The Morgan fingerprint density at radius 3 is 2.45 bits per heavy atom. The van der Waals surface area contributed by atoms with E-state index in [1.54, 1.807) is 23.1 Å². The van der Waals surface area contributed by atoms with E-state index in [9.17, 15) is 9.59 Å². The number of thioether (sulfide) groups is 1. The summed E-state index contributed by atoms with van der Waals surface area (Å²) in [4.78, 5) is 32.8. The number of amides is 1. The number of aromatic nitrogens is 1. The molecule has 0 aliphatic rings. The van der Waals surface area contributed by atoms with Crippen molar-refractivity contribution < 1.29 is 13.9 Å². The molecule has 1 aromatic heterocycles. The molecule has 0 aliphatic heterocycles. The van der Waals surface area contributed by atoms with Crippen LogP contribution in [0.4, 0.5) is 5.69 Å². The van der Waals surface area contributed by atoms with Crippen LogP contribution in [0.25, 0.3) is 11.1 Å². The lowest BCUT2D eigenvalue weighted by molar-refractivity contribution is -0.136. The van der Waals surface area contributed by atoms with Crippen LogP contribution < -0.4 is 10.2 Å². The Kier molecular flexibility index (Phi) is 10.6. The van der Waals surface area contributed by atoms with E-state index in [1.165, 1.54) is 0 Å². The molecule has 1 heterocycles. The van der Waals surface area contributed by atoms with E-state index in [1.807, 2.05) is 74.7 Å². The van der Waals surface area contributed by atoms with Gasteiger partial charge in [-0.05, 0) is 78.8 Å². The highest BCUT2D eigenvalue weighted by molar-refractivity contribution is 7.98. The van der Waals surface area contributed by atoms with Crippen LogP contribution in [0.5, 0.6) is 0 Å². The quantitative estimate of drug-likeness (QED) is 0.188. The first-order valence-electron chi connectivity index (χ1n) is 12.9. The zero-order valence-corrected chi connectivity index (χ0v) is 25.1. The smallest absolute Gasteiger partial charge is 0.346 e. The molecule has 0 saturated heterocycles. The molecule has 0 fully saturated rings. The summed E-state index contributed by atoms with van der Waals surface area (Å²) in [5.74, 6) is -0.348. The molecule has 40 heavy (non-hydrogen) atoms. The molecular weight excluding hydrogens is 562 g/mol. The van der Waals surface area contributed by atoms with Crippen molar-refractivity contribution in [1.82, 2.24) is 10.3 Å². The number of hydrogen-bond acceptors (Lipinski definition) is 7. The molecule has 0 bridgehead atoms. The number of carbonyl (C=O) groups excluding carboxylic acids is 2. The first kappa shape index (κ1) is 29.6. The second-order valence-electron chi connectivity index (χ2n) is 9.45. The summed E-state index contributed by atoms with van der Waals surface area (Å²) in [5, 5.41) is 5.97. The van der Waals surface area contributed by atoms with Gasteiger partial charge in [0, 0.05) is 23.2 Å². The fourth-order valence-electron chi connectivity index (χ4n) is 4.53. The standard InChI is InChI=1S/C31H32ClN3O3S2/c1-21-9-7-8-12-26(21)28-17-23(13-14-27(28)30(36)34-29(15-16-39-3)31(37)38-32)18-35(25-10-5-4-6-11-25)19-24-20-40-22(2)33-24/h4-14,17,20,29H,15-16,18-19H2,1-3H3,(H,34,36). The van der Waals surface area contributed by atoms with Gasteiger partial charge in [0.1, 0.15) is 17.9 Å². The maximum absolute atomic E-state index is 13.6. The molecule has 0 radical (unpaired) electrons. The summed E-state index contributed by atoms with van der Waals surface area (Å²) in [6.07, 6.45) is 2.35. The van der Waals surface area contributed by atoms with Crippen molar-refractivity contribution in [3.05, 3.63) is 106 Å². The molecule has 3 aromatic carbocycles. The number of nitrogens with zero attached hydrogens (tertiary/aromatic N) is 2. The van der Waals surface area contributed by atoms with Crippen LogP contribution in [0.15, 0.2) is 78.2 Å². The van der Waals surface area contributed by atoms with Crippen LogP contribution in [0.2, 0.25) is 0 Å². The molecule has 1 N–H and O–H groups in total. The van der Waals surface area contributed by atoms with Crippen molar-refractivity contribution >= 4 is 52.5 Å². The number of halogens is 1. The Morgan fingerprint density at radius 1 is 1.02 bits per heavy atom. The zero-order valence-electron chi connectivity index (χ0n) is 22.7. The van der Waals surface area contributed by atoms with Gasteiger partial charge in [0.25, 0.3) is 5.91 Å². The van der Waals surface area contributed by atoms with Gasteiger partial charge < -0.3 is 14.5 Å². The Bertz CT molecular complexity index is 1440. The summed E-state index contributed by atoms with van der Waals surface area (Å²) in [6, 6.07) is 23.2. The van der Waals surface area contributed by atoms with Crippen LogP contribution >= 0.6 is 35.0 Å². The molecule has 0 spiro atoms. The minimum Gasteiger partial charge on any atom is -0.361 e. The first-order chi connectivity index (χ1) is 19.4. The van der Waals surface area contributed by atoms with Crippen molar-refractivity contribution in [2.75, 3.05) is 16.9 Å². The average Bonchev–Trinajstić information content (AvgIpc) is 3.39. The third-order valence-electron chi connectivity index (χ3n) is 6.55. The van der Waals surface area contributed by atoms with Crippen LogP contribution in [0, 0.1) is 13.8 Å². The second kappa shape index (κ2) is 14.3. The lowest BCUT2D eigenvalue weighted by Gasteiger charge is -2.25. The van der Waals surface area contributed by atoms with Gasteiger partial charge in [-0.15, -0.1) is 11.3 Å². The SMILES string of the molecule is CSCCC(NC(=O)c1ccc(CN(Cc2csc(C)n2)c2ccccc2)cc1-c1ccccc1C)C(=O)OCl. The number of thiazole rings is 1. The van der Waals surface area contributed by atoms with E-state index in [0.717, 1.165) is 38.6 Å². The Balaban J connectivity index is 1.70. The van der Waals surface area contributed by atoms with Gasteiger partial charge >= 0.3 is 5.97 Å². The normalized spacial score (nSPS) is 11.6. The van der Waals surface area contributed by atoms with E-state index in [4.69, 9.17) is 11.9 Å². The molecular formula is C31H32ClN3O3S2. The third-order valence-corrected chi connectivity index (χ3v) is 8.17. The summed E-state index contributed by atoms with van der Waals surface area (Å²) in [6.45, 7) is 5.32.